The molecule has 2 aliphatic heterocycles. The van der Waals surface area contributed by atoms with Crippen LogP contribution >= 0.6 is 0 Å². The molecule has 2 aliphatic carbocycles. The van der Waals surface area contributed by atoms with Crippen LogP contribution in [0.15, 0.2) is 30.4 Å². The Hall–Kier alpha value is -1.48. The molecule has 4 fully saturated rings. The zero-order valence-corrected chi connectivity index (χ0v) is 16.2. The van der Waals surface area contributed by atoms with Crippen LogP contribution in [0.2, 0.25) is 0 Å². The van der Waals surface area contributed by atoms with Crippen LogP contribution in [0.5, 0.6) is 5.75 Å². The van der Waals surface area contributed by atoms with Gasteiger partial charge in [-0.05, 0) is 61.3 Å². The average molecular weight is 354 g/mol. The molecule has 0 radical (unpaired) electrons. The van der Waals surface area contributed by atoms with Crippen molar-refractivity contribution >= 4 is 5.69 Å². The molecule has 2 heterocycles. The van der Waals surface area contributed by atoms with Crippen molar-refractivity contribution in [1.29, 1.82) is 0 Å². The van der Waals surface area contributed by atoms with Gasteiger partial charge >= 0.3 is 0 Å². The third kappa shape index (κ3) is 2.22. The first-order valence-electron chi connectivity index (χ1n) is 10.4. The van der Waals surface area contributed by atoms with Crippen molar-refractivity contribution in [3.63, 3.8) is 0 Å². The van der Waals surface area contributed by atoms with E-state index in [4.69, 9.17) is 9.47 Å². The van der Waals surface area contributed by atoms with Crippen LogP contribution in [0.3, 0.4) is 0 Å². The van der Waals surface area contributed by atoms with Crippen LogP contribution < -0.4 is 9.64 Å². The maximum atomic E-state index is 6.39. The zero-order chi connectivity index (χ0) is 17.9. The molecule has 5 rings (SSSR count). The molecule has 5 atom stereocenters. The molecule has 3 heteroatoms. The van der Waals surface area contributed by atoms with E-state index < -0.39 is 0 Å². The molecule has 1 aromatic carbocycles. The lowest BCUT2D eigenvalue weighted by Gasteiger charge is -2.48. The molecular formula is C23H31NO2. The summed E-state index contributed by atoms with van der Waals surface area (Å²) < 4.78 is 12.2. The number of benzene rings is 1. The molecule has 2 bridgehead atoms. The van der Waals surface area contributed by atoms with Crippen LogP contribution in [-0.2, 0) is 4.74 Å². The molecule has 26 heavy (non-hydrogen) atoms. The predicted molar refractivity (Wildman–Crippen MR) is 105 cm³/mol. The average Bonchev–Trinajstić information content (AvgIpc) is 3.38. The Balaban J connectivity index is 1.49. The Morgan fingerprint density at radius 3 is 2.81 bits per heavy atom. The van der Waals surface area contributed by atoms with Crippen LogP contribution in [-0.4, -0.2) is 26.8 Å². The van der Waals surface area contributed by atoms with Gasteiger partial charge in [0.25, 0.3) is 0 Å². The standard InChI is InChI=1S/C23H31NO2/c1-15-16(2)23-8-11-26-22(20(23)12-17(15)14-23)19-7-6-18(13-21(19)25-3)24-9-4-5-10-24/h6-7,13,16-17,20,22H,1,4-5,8-12,14H2,2-3H3/t16?,17-,20-,22-,23?/m1/s1. The minimum atomic E-state index is 0.173. The fourth-order valence-electron chi connectivity index (χ4n) is 6.57. The van der Waals surface area contributed by atoms with Gasteiger partial charge in [-0.25, -0.2) is 0 Å². The van der Waals surface area contributed by atoms with Gasteiger partial charge in [0, 0.05) is 37.0 Å². The van der Waals surface area contributed by atoms with Crippen molar-refractivity contribution < 1.29 is 9.47 Å². The lowest BCUT2D eigenvalue weighted by atomic mass is 9.62. The van der Waals surface area contributed by atoms with Gasteiger partial charge in [-0.2, -0.15) is 0 Å². The summed E-state index contributed by atoms with van der Waals surface area (Å²) in [6, 6.07) is 6.80. The quantitative estimate of drug-likeness (QED) is 0.716. The molecule has 0 aromatic heterocycles. The van der Waals surface area contributed by atoms with Crippen molar-refractivity contribution in [2.24, 2.45) is 23.2 Å². The fraction of sp³-hybridized carbons (Fsp3) is 0.652. The third-order valence-corrected chi connectivity index (χ3v) is 8.07. The highest BCUT2D eigenvalue weighted by atomic mass is 16.5. The summed E-state index contributed by atoms with van der Waals surface area (Å²) in [6.07, 6.45) is 6.52. The number of fused-ring (bicyclic) bond motifs is 1. The van der Waals surface area contributed by atoms with E-state index in [1.807, 2.05) is 0 Å². The van der Waals surface area contributed by atoms with E-state index in [2.05, 4.69) is 36.6 Å². The van der Waals surface area contributed by atoms with E-state index in [1.54, 1.807) is 7.11 Å². The van der Waals surface area contributed by atoms with Crippen LogP contribution in [0.4, 0.5) is 5.69 Å². The minimum absolute atomic E-state index is 0.173. The lowest BCUT2D eigenvalue weighted by molar-refractivity contribution is -0.107. The Morgan fingerprint density at radius 1 is 1.27 bits per heavy atom. The number of ether oxygens (including phenoxy) is 2. The second kappa shape index (κ2) is 6.02. The third-order valence-electron chi connectivity index (χ3n) is 8.07. The Labute approximate surface area is 157 Å². The van der Waals surface area contributed by atoms with Gasteiger partial charge in [0.2, 0.25) is 0 Å². The van der Waals surface area contributed by atoms with Crippen molar-refractivity contribution in [3.8, 4) is 5.75 Å². The molecule has 4 aliphatic rings. The summed E-state index contributed by atoms with van der Waals surface area (Å²) in [7, 11) is 1.80. The summed E-state index contributed by atoms with van der Waals surface area (Å²) in [5.41, 5.74) is 4.45. The molecule has 3 nitrogen and oxygen atoms in total. The Morgan fingerprint density at radius 2 is 2.08 bits per heavy atom. The van der Waals surface area contributed by atoms with E-state index in [0.29, 0.717) is 23.2 Å². The normalized spacial score (nSPS) is 38.7. The molecule has 1 spiro atoms. The van der Waals surface area contributed by atoms with Gasteiger partial charge in [0.15, 0.2) is 0 Å². The topological polar surface area (TPSA) is 21.7 Å². The van der Waals surface area contributed by atoms with Crippen LogP contribution in [0, 0.1) is 23.2 Å². The van der Waals surface area contributed by atoms with Gasteiger partial charge in [-0.3, -0.25) is 0 Å². The second-order valence-corrected chi connectivity index (χ2v) is 8.93. The maximum absolute atomic E-state index is 6.39. The monoisotopic (exact) mass is 353 g/mol. The molecule has 140 valence electrons. The van der Waals surface area contributed by atoms with Gasteiger partial charge < -0.3 is 14.4 Å². The van der Waals surface area contributed by atoms with Crippen molar-refractivity contribution in [2.45, 2.75) is 45.1 Å². The minimum Gasteiger partial charge on any atom is -0.496 e. The summed E-state index contributed by atoms with van der Waals surface area (Å²) >= 11 is 0. The van der Waals surface area contributed by atoms with Crippen molar-refractivity contribution in [2.75, 3.05) is 31.7 Å². The summed E-state index contributed by atoms with van der Waals surface area (Å²) in [5.74, 6) is 2.94. The first-order chi connectivity index (χ1) is 12.6. The van der Waals surface area contributed by atoms with Gasteiger partial charge in [-0.15, -0.1) is 0 Å². The molecule has 0 N–H and O–H groups in total. The van der Waals surface area contributed by atoms with Crippen LogP contribution in [0.1, 0.15) is 50.7 Å². The van der Waals surface area contributed by atoms with E-state index >= 15 is 0 Å². The highest BCUT2D eigenvalue weighted by molar-refractivity contribution is 5.55. The summed E-state index contributed by atoms with van der Waals surface area (Å²) in [5, 5.41) is 0. The van der Waals surface area contributed by atoms with E-state index in [0.717, 1.165) is 25.4 Å². The highest BCUT2D eigenvalue weighted by Crippen LogP contribution is 2.69. The number of allylic oxidation sites excluding steroid dienone is 1. The lowest BCUT2D eigenvalue weighted by Crippen LogP contribution is -2.42. The maximum Gasteiger partial charge on any atom is 0.126 e. The van der Waals surface area contributed by atoms with Crippen LogP contribution in [0.25, 0.3) is 0 Å². The number of nitrogens with zero attached hydrogens (tertiary/aromatic N) is 1. The SMILES string of the molecule is C=C1C(C)C23CCO[C@H](c4ccc(N5CCCC5)cc4OC)[C@H]2C[C@@H]1C3. The number of anilines is 1. The fourth-order valence-corrected chi connectivity index (χ4v) is 6.57. The molecule has 2 saturated heterocycles. The second-order valence-electron chi connectivity index (χ2n) is 8.93. The largest absolute Gasteiger partial charge is 0.496 e. The molecule has 1 aromatic rings. The zero-order valence-electron chi connectivity index (χ0n) is 16.2. The van der Waals surface area contributed by atoms with Gasteiger partial charge in [-0.1, -0.05) is 25.1 Å². The smallest absolute Gasteiger partial charge is 0.126 e. The first-order valence-corrected chi connectivity index (χ1v) is 10.4. The molecule has 0 amide bonds. The predicted octanol–water partition coefficient (Wildman–Crippen LogP) is 4.98. The summed E-state index contributed by atoms with van der Waals surface area (Å²) in [4.78, 5) is 2.47. The highest BCUT2D eigenvalue weighted by Gasteiger charge is 2.61. The van der Waals surface area contributed by atoms with E-state index in [9.17, 15) is 0 Å². The first kappa shape index (κ1) is 16.7. The number of hydrogen-bond donors (Lipinski definition) is 0. The Kier molecular flexibility index (Phi) is 3.86. The number of rotatable bonds is 3. The number of hydrogen-bond acceptors (Lipinski definition) is 3. The van der Waals surface area contributed by atoms with Crippen molar-refractivity contribution in [1.82, 2.24) is 0 Å². The molecule has 2 unspecified atom stereocenters. The van der Waals surface area contributed by atoms with Gasteiger partial charge in [0.1, 0.15) is 5.75 Å². The number of methoxy groups -OCH3 is 1. The summed E-state index contributed by atoms with van der Waals surface area (Å²) in [6.45, 7) is 10.0. The Bertz CT molecular complexity index is 723. The molecule has 2 saturated carbocycles. The van der Waals surface area contributed by atoms with E-state index in [-0.39, 0.29) is 6.10 Å². The van der Waals surface area contributed by atoms with Gasteiger partial charge in [0.05, 0.1) is 13.2 Å². The van der Waals surface area contributed by atoms with E-state index in [1.165, 1.54) is 48.9 Å². The van der Waals surface area contributed by atoms with Crippen molar-refractivity contribution in [3.05, 3.63) is 35.9 Å². The molecular weight excluding hydrogens is 322 g/mol.